The molecule has 1 aromatic rings. The first-order valence-corrected chi connectivity index (χ1v) is 5.50. The number of alkyl halides is 1. The van der Waals surface area contributed by atoms with E-state index in [0.717, 1.165) is 10.0 Å². The molecule has 0 saturated heterocycles. The van der Waals surface area contributed by atoms with Gasteiger partial charge in [-0.3, -0.25) is 4.79 Å². The second kappa shape index (κ2) is 6.48. The molecule has 3 nitrogen and oxygen atoms in total. The Morgan fingerprint density at radius 1 is 1.50 bits per heavy atom. The standard InChI is InChI=1S/C11H12BrFO3/c1-15-11(14)5-2-8-6-9(16-7-13)3-4-10(8)12/h3-4,6H,2,5,7H2,1H3. The first kappa shape index (κ1) is 13.0. The quantitative estimate of drug-likeness (QED) is 0.783. The maximum atomic E-state index is 12.0. The average Bonchev–Trinajstić information content (AvgIpc) is 2.29. The van der Waals surface area contributed by atoms with Crippen LogP contribution in [0.5, 0.6) is 5.75 Å². The fourth-order valence-corrected chi connectivity index (χ4v) is 1.68. The summed E-state index contributed by atoms with van der Waals surface area (Å²) in [5.41, 5.74) is 0.886. The number of esters is 1. The lowest BCUT2D eigenvalue weighted by molar-refractivity contribution is -0.140. The van der Waals surface area contributed by atoms with Crippen LogP contribution in [0.4, 0.5) is 4.39 Å². The monoisotopic (exact) mass is 290 g/mol. The van der Waals surface area contributed by atoms with Crippen molar-refractivity contribution in [1.29, 1.82) is 0 Å². The number of hydrogen-bond acceptors (Lipinski definition) is 3. The first-order valence-electron chi connectivity index (χ1n) is 4.71. The predicted molar refractivity (Wildman–Crippen MR) is 61.1 cm³/mol. The molecule has 1 aromatic carbocycles. The number of halogens is 2. The van der Waals surface area contributed by atoms with Crippen molar-refractivity contribution in [2.75, 3.05) is 14.0 Å². The molecule has 0 aliphatic carbocycles. The van der Waals surface area contributed by atoms with Crippen LogP contribution in [0.15, 0.2) is 22.7 Å². The Balaban J connectivity index is 2.70. The van der Waals surface area contributed by atoms with Crippen LogP contribution in [-0.4, -0.2) is 19.9 Å². The lowest BCUT2D eigenvalue weighted by atomic mass is 10.1. The molecule has 1 rings (SSSR count). The summed E-state index contributed by atoms with van der Waals surface area (Å²) in [6, 6.07) is 5.12. The summed E-state index contributed by atoms with van der Waals surface area (Å²) >= 11 is 3.35. The Bertz CT molecular complexity index is 368. The van der Waals surface area contributed by atoms with E-state index in [4.69, 9.17) is 4.74 Å². The van der Waals surface area contributed by atoms with Crippen LogP contribution in [0.1, 0.15) is 12.0 Å². The van der Waals surface area contributed by atoms with E-state index in [2.05, 4.69) is 20.7 Å². The number of carbonyl (C=O) groups excluding carboxylic acids is 1. The van der Waals surface area contributed by atoms with Gasteiger partial charge in [0.05, 0.1) is 7.11 Å². The third-order valence-electron chi connectivity index (χ3n) is 2.06. The minimum Gasteiger partial charge on any atom is -0.469 e. The Hall–Kier alpha value is -1.10. The van der Waals surface area contributed by atoms with Gasteiger partial charge in [0, 0.05) is 10.9 Å². The van der Waals surface area contributed by atoms with Crippen LogP contribution in [0.25, 0.3) is 0 Å². The van der Waals surface area contributed by atoms with E-state index in [0.29, 0.717) is 12.2 Å². The third-order valence-corrected chi connectivity index (χ3v) is 2.84. The number of ether oxygens (including phenoxy) is 2. The maximum Gasteiger partial charge on any atom is 0.305 e. The van der Waals surface area contributed by atoms with Crippen molar-refractivity contribution in [3.8, 4) is 5.75 Å². The highest BCUT2D eigenvalue weighted by atomic mass is 79.9. The van der Waals surface area contributed by atoms with Crippen molar-refractivity contribution in [2.45, 2.75) is 12.8 Å². The highest BCUT2D eigenvalue weighted by molar-refractivity contribution is 9.10. The Morgan fingerprint density at radius 2 is 2.25 bits per heavy atom. The zero-order chi connectivity index (χ0) is 12.0. The molecule has 0 amide bonds. The number of methoxy groups -OCH3 is 1. The summed E-state index contributed by atoms with van der Waals surface area (Å²) in [6.07, 6.45) is 0.810. The van der Waals surface area contributed by atoms with Crippen molar-refractivity contribution in [1.82, 2.24) is 0 Å². The SMILES string of the molecule is COC(=O)CCc1cc(OCF)ccc1Br. The largest absolute Gasteiger partial charge is 0.469 e. The zero-order valence-corrected chi connectivity index (χ0v) is 10.4. The van der Waals surface area contributed by atoms with Gasteiger partial charge in [0.15, 0.2) is 0 Å². The fraction of sp³-hybridized carbons (Fsp3) is 0.364. The van der Waals surface area contributed by atoms with E-state index in [1.165, 1.54) is 7.11 Å². The van der Waals surface area contributed by atoms with Crippen molar-refractivity contribution in [3.63, 3.8) is 0 Å². The van der Waals surface area contributed by atoms with Crippen LogP contribution in [0.2, 0.25) is 0 Å². The van der Waals surface area contributed by atoms with Crippen molar-refractivity contribution in [2.24, 2.45) is 0 Å². The van der Waals surface area contributed by atoms with Gasteiger partial charge in [-0.1, -0.05) is 15.9 Å². The summed E-state index contributed by atoms with van der Waals surface area (Å²) in [7, 11) is 1.35. The summed E-state index contributed by atoms with van der Waals surface area (Å²) in [6.45, 7) is -0.863. The second-order valence-electron chi connectivity index (χ2n) is 3.08. The highest BCUT2D eigenvalue weighted by Gasteiger charge is 2.06. The van der Waals surface area contributed by atoms with Gasteiger partial charge in [-0.15, -0.1) is 0 Å². The number of aryl methyl sites for hydroxylation is 1. The highest BCUT2D eigenvalue weighted by Crippen LogP contribution is 2.24. The molecule has 0 bridgehead atoms. The topological polar surface area (TPSA) is 35.5 Å². The van der Waals surface area contributed by atoms with Gasteiger partial charge >= 0.3 is 5.97 Å². The molecular formula is C11H12BrFO3. The van der Waals surface area contributed by atoms with E-state index in [1.807, 2.05) is 0 Å². The van der Waals surface area contributed by atoms with Gasteiger partial charge in [-0.25, -0.2) is 4.39 Å². The summed E-state index contributed by atoms with van der Waals surface area (Å²) in [5, 5.41) is 0. The molecule has 0 spiro atoms. The number of carbonyl (C=O) groups is 1. The number of hydrogen-bond donors (Lipinski definition) is 0. The molecule has 0 aromatic heterocycles. The minimum atomic E-state index is -0.863. The van der Waals surface area contributed by atoms with Crippen molar-refractivity contribution < 1.29 is 18.7 Å². The average molecular weight is 291 g/mol. The molecule has 0 atom stereocenters. The van der Waals surface area contributed by atoms with Gasteiger partial charge in [-0.2, -0.15) is 0 Å². The molecule has 0 heterocycles. The lowest BCUT2D eigenvalue weighted by Gasteiger charge is -2.07. The molecule has 5 heteroatoms. The molecule has 0 radical (unpaired) electrons. The lowest BCUT2D eigenvalue weighted by Crippen LogP contribution is -2.02. The number of rotatable bonds is 5. The van der Waals surface area contributed by atoms with Crippen LogP contribution in [0, 0.1) is 0 Å². The van der Waals surface area contributed by atoms with Crippen molar-refractivity contribution >= 4 is 21.9 Å². The summed E-state index contributed by atoms with van der Waals surface area (Å²) < 4.78 is 22.1. The van der Waals surface area contributed by atoms with E-state index in [1.54, 1.807) is 18.2 Å². The molecular weight excluding hydrogens is 279 g/mol. The summed E-state index contributed by atoms with van der Waals surface area (Å²) in [4.78, 5) is 11.0. The molecule has 0 unspecified atom stereocenters. The second-order valence-corrected chi connectivity index (χ2v) is 3.94. The molecule has 0 N–H and O–H groups in total. The first-order chi connectivity index (χ1) is 7.67. The molecule has 0 aliphatic heterocycles. The van der Waals surface area contributed by atoms with Gasteiger partial charge < -0.3 is 9.47 Å². The van der Waals surface area contributed by atoms with E-state index in [9.17, 15) is 9.18 Å². The Kier molecular flexibility index (Phi) is 5.25. The fourth-order valence-electron chi connectivity index (χ4n) is 1.23. The molecule has 88 valence electrons. The molecule has 0 aliphatic rings. The normalized spacial score (nSPS) is 9.94. The van der Waals surface area contributed by atoms with Gasteiger partial charge in [-0.05, 0) is 30.2 Å². The van der Waals surface area contributed by atoms with Crippen LogP contribution in [-0.2, 0) is 16.0 Å². The molecule has 0 saturated carbocycles. The number of benzene rings is 1. The summed E-state index contributed by atoms with van der Waals surface area (Å²) in [5.74, 6) is 0.175. The van der Waals surface area contributed by atoms with Gasteiger partial charge in [0.2, 0.25) is 6.86 Å². The predicted octanol–water partition coefficient (Wildman–Crippen LogP) is 2.86. The van der Waals surface area contributed by atoms with Gasteiger partial charge in [0.25, 0.3) is 0 Å². The van der Waals surface area contributed by atoms with Crippen LogP contribution in [0.3, 0.4) is 0 Å². The third kappa shape index (κ3) is 3.81. The van der Waals surface area contributed by atoms with E-state index >= 15 is 0 Å². The smallest absolute Gasteiger partial charge is 0.305 e. The maximum absolute atomic E-state index is 12.0. The Labute approximate surface area is 102 Å². The van der Waals surface area contributed by atoms with Gasteiger partial charge in [0.1, 0.15) is 5.75 Å². The van der Waals surface area contributed by atoms with Crippen LogP contribution >= 0.6 is 15.9 Å². The molecule has 16 heavy (non-hydrogen) atoms. The Morgan fingerprint density at radius 3 is 2.88 bits per heavy atom. The van der Waals surface area contributed by atoms with E-state index in [-0.39, 0.29) is 12.4 Å². The van der Waals surface area contributed by atoms with E-state index < -0.39 is 6.86 Å². The van der Waals surface area contributed by atoms with Crippen LogP contribution < -0.4 is 4.74 Å². The minimum absolute atomic E-state index is 0.274. The zero-order valence-electron chi connectivity index (χ0n) is 8.83. The molecule has 0 fully saturated rings. The van der Waals surface area contributed by atoms with Crippen molar-refractivity contribution in [3.05, 3.63) is 28.2 Å².